The van der Waals surface area contributed by atoms with Crippen molar-refractivity contribution in [3.63, 3.8) is 0 Å². The zero-order valence-corrected chi connectivity index (χ0v) is 9.83. The molecule has 0 aliphatic rings. The molecule has 100 valence electrons. The molecule has 0 bridgehead atoms. The minimum atomic E-state index is -4.51. The molecule has 1 heterocycles. The SMILES string of the molecule is COc1cc(-c2ccccc2C(F)(F)F)cc(F)n1. The lowest BCUT2D eigenvalue weighted by Gasteiger charge is -2.13. The van der Waals surface area contributed by atoms with E-state index in [0.717, 1.165) is 12.1 Å². The summed E-state index contributed by atoms with van der Waals surface area (Å²) < 4.78 is 56.6. The van der Waals surface area contributed by atoms with Crippen molar-refractivity contribution in [3.05, 3.63) is 47.9 Å². The highest BCUT2D eigenvalue weighted by Gasteiger charge is 2.33. The second-order valence-electron chi connectivity index (χ2n) is 3.76. The van der Waals surface area contributed by atoms with Crippen LogP contribution >= 0.6 is 0 Å². The number of pyridine rings is 1. The standard InChI is InChI=1S/C13H9F4NO/c1-19-12-7-8(6-11(14)18-12)9-4-2-3-5-10(9)13(15,16)17/h2-7H,1H3. The third-order valence-electron chi connectivity index (χ3n) is 2.52. The van der Waals surface area contributed by atoms with Crippen LogP contribution in [0.1, 0.15) is 5.56 Å². The van der Waals surface area contributed by atoms with E-state index in [1.165, 1.54) is 31.4 Å². The van der Waals surface area contributed by atoms with Crippen molar-refractivity contribution in [3.8, 4) is 17.0 Å². The van der Waals surface area contributed by atoms with Gasteiger partial charge in [-0.2, -0.15) is 22.5 Å². The van der Waals surface area contributed by atoms with Gasteiger partial charge in [0.1, 0.15) is 0 Å². The maximum atomic E-state index is 13.3. The van der Waals surface area contributed by atoms with Gasteiger partial charge in [-0.1, -0.05) is 18.2 Å². The van der Waals surface area contributed by atoms with Crippen LogP contribution in [0.5, 0.6) is 5.88 Å². The van der Waals surface area contributed by atoms with Crippen LogP contribution in [0.2, 0.25) is 0 Å². The normalized spacial score (nSPS) is 11.4. The molecular formula is C13H9F4NO. The Labute approximate surface area is 106 Å². The quantitative estimate of drug-likeness (QED) is 0.610. The zero-order valence-electron chi connectivity index (χ0n) is 9.83. The van der Waals surface area contributed by atoms with Crippen molar-refractivity contribution in [1.82, 2.24) is 4.98 Å². The summed E-state index contributed by atoms with van der Waals surface area (Å²) in [6, 6.07) is 7.15. The monoisotopic (exact) mass is 271 g/mol. The van der Waals surface area contributed by atoms with E-state index in [-0.39, 0.29) is 17.0 Å². The van der Waals surface area contributed by atoms with Crippen LogP contribution in [-0.4, -0.2) is 12.1 Å². The maximum Gasteiger partial charge on any atom is 0.417 e. The molecule has 19 heavy (non-hydrogen) atoms. The number of alkyl halides is 3. The molecular weight excluding hydrogens is 262 g/mol. The predicted octanol–water partition coefficient (Wildman–Crippen LogP) is 3.92. The number of hydrogen-bond donors (Lipinski definition) is 0. The number of hydrogen-bond acceptors (Lipinski definition) is 2. The van der Waals surface area contributed by atoms with Crippen molar-refractivity contribution < 1.29 is 22.3 Å². The number of methoxy groups -OCH3 is 1. The zero-order chi connectivity index (χ0) is 14.0. The molecule has 0 aliphatic heterocycles. The summed E-state index contributed by atoms with van der Waals surface area (Å²) in [6.07, 6.45) is -4.51. The van der Waals surface area contributed by atoms with Crippen LogP contribution in [0.4, 0.5) is 17.6 Å². The second kappa shape index (κ2) is 4.87. The molecule has 6 heteroatoms. The number of aromatic nitrogens is 1. The number of benzene rings is 1. The third kappa shape index (κ3) is 2.83. The molecule has 0 aliphatic carbocycles. The molecule has 1 aromatic heterocycles. The van der Waals surface area contributed by atoms with Crippen LogP contribution in [-0.2, 0) is 6.18 Å². The first kappa shape index (κ1) is 13.3. The minimum absolute atomic E-state index is 0.0669. The van der Waals surface area contributed by atoms with Crippen molar-refractivity contribution >= 4 is 0 Å². The summed E-state index contributed by atoms with van der Waals surface area (Å²) in [5.41, 5.74) is -0.880. The molecule has 2 aromatic rings. The lowest BCUT2D eigenvalue weighted by atomic mass is 10.0. The van der Waals surface area contributed by atoms with Gasteiger partial charge in [-0.3, -0.25) is 0 Å². The van der Waals surface area contributed by atoms with E-state index in [9.17, 15) is 17.6 Å². The summed E-state index contributed by atoms with van der Waals surface area (Å²) in [5, 5.41) is 0. The molecule has 0 atom stereocenters. The highest BCUT2D eigenvalue weighted by molar-refractivity contribution is 5.68. The lowest BCUT2D eigenvalue weighted by Crippen LogP contribution is -2.07. The molecule has 0 spiro atoms. The highest BCUT2D eigenvalue weighted by Crippen LogP contribution is 2.37. The highest BCUT2D eigenvalue weighted by atomic mass is 19.4. The minimum Gasteiger partial charge on any atom is -0.481 e. The maximum absolute atomic E-state index is 13.3. The fourth-order valence-corrected chi connectivity index (χ4v) is 1.71. The molecule has 0 saturated carbocycles. The Kier molecular flexibility index (Phi) is 3.42. The summed E-state index contributed by atoms with van der Waals surface area (Å²) in [5.74, 6) is -0.974. The predicted molar refractivity (Wildman–Crippen MR) is 61.2 cm³/mol. The van der Waals surface area contributed by atoms with E-state index in [4.69, 9.17) is 4.74 Å². The van der Waals surface area contributed by atoms with E-state index in [0.29, 0.717) is 0 Å². The Morgan fingerprint density at radius 3 is 2.42 bits per heavy atom. The first-order chi connectivity index (χ1) is 8.91. The van der Waals surface area contributed by atoms with Crippen LogP contribution in [0.25, 0.3) is 11.1 Å². The topological polar surface area (TPSA) is 22.1 Å². The average molecular weight is 271 g/mol. The van der Waals surface area contributed by atoms with E-state index in [1.54, 1.807) is 0 Å². The fourth-order valence-electron chi connectivity index (χ4n) is 1.71. The van der Waals surface area contributed by atoms with Gasteiger partial charge in [-0.15, -0.1) is 0 Å². The Bertz CT molecular complexity index is 595. The smallest absolute Gasteiger partial charge is 0.417 e. The van der Waals surface area contributed by atoms with Crippen LogP contribution in [0.15, 0.2) is 36.4 Å². The van der Waals surface area contributed by atoms with Crippen molar-refractivity contribution in [1.29, 1.82) is 0 Å². The number of halogens is 4. The van der Waals surface area contributed by atoms with E-state index in [2.05, 4.69) is 4.98 Å². The van der Waals surface area contributed by atoms with E-state index >= 15 is 0 Å². The molecule has 0 radical (unpaired) electrons. The molecule has 0 saturated heterocycles. The summed E-state index contributed by atoms with van der Waals surface area (Å²) >= 11 is 0. The first-order valence-electron chi connectivity index (χ1n) is 5.30. The van der Waals surface area contributed by atoms with Gasteiger partial charge in [-0.05, 0) is 17.2 Å². The Hall–Kier alpha value is -2.11. The van der Waals surface area contributed by atoms with Crippen molar-refractivity contribution in [2.75, 3.05) is 7.11 Å². The van der Waals surface area contributed by atoms with Crippen molar-refractivity contribution in [2.45, 2.75) is 6.18 Å². The third-order valence-corrected chi connectivity index (χ3v) is 2.52. The molecule has 2 rings (SSSR count). The van der Waals surface area contributed by atoms with Crippen LogP contribution in [0.3, 0.4) is 0 Å². The lowest BCUT2D eigenvalue weighted by molar-refractivity contribution is -0.137. The molecule has 0 amide bonds. The van der Waals surface area contributed by atoms with E-state index < -0.39 is 17.7 Å². The van der Waals surface area contributed by atoms with Crippen molar-refractivity contribution in [2.24, 2.45) is 0 Å². The first-order valence-corrected chi connectivity index (χ1v) is 5.30. The Balaban J connectivity index is 2.62. The van der Waals surface area contributed by atoms with Gasteiger partial charge < -0.3 is 4.74 Å². The van der Waals surface area contributed by atoms with Gasteiger partial charge >= 0.3 is 6.18 Å². The summed E-state index contributed by atoms with van der Waals surface area (Å²) in [4.78, 5) is 3.40. The molecule has 2 nitrogen and oxygen atoms in total. The van der Waals surface area contributed by atoms with Crippen LogP contribution in [0, 0.1) is 5.95 Å². The van der Waals surface area contributed by atoms with E-state index in [1.807, 2.05) is 0 Å². The average Bonchev–Trinajstić information content (AvgIpc) is 2.37. The van der Waals surface area contributed by atoms with Gasteiger partial charge in [0.25, 0.3) is 0 Å². The summed E-state index contributed by atoms with van der Waals surface area (Å²) in [6.45, 7) is 0. The number of rotatable bonds is 2. The summed E-state index contributed by atoms with van der Waals surface area (Å²) in [7, 11) is 1.27. The number of nitrogens with zero attached hydrogens (tertiary/aromatic N) is 1. The van der Waals surface area contributed by atoms with Gasteiger partial charge in [-0.25, -0.2) is 0 Å². The Morgan fingerprint density at radius 1 is 1.11 bits per heavy atom. The molecule has 0 N–H and O–H groups in total. The number of ether oxygens (including phenoxy) is 1. The van der Waals surface area contributed by atoms with Gasteiger partial charge in [0, 0.05) is 12.1 Å². The largest absolute Gasteiger partial charge is 0.481 e. The fraction of sp³-hybridized carbons (Fsp3) is 0.154. The van der Waals surface area contributed by atoms with Crippen LogP contribution < -0.4 is 4.74 Å². The van der Waals surface area contributed by atoms with Gasteiger partial charge in [0.15, 0.2) is 0 Å². The molecule has 0 fully saturated rings. The van der Waals surface area contributed by atoms with Gasteiger partial charge in [0.2, 0.25) is 11.8 Å². The second-order valence-corrected chi connectivity index (χ2v) is 3.76. The molecule has 0 unspecified atom stereocenters. The Morgan fingerprint density at radius 2 is 1.79 bits per heavy atom. The van der Waals surface area contributed by atoms with Gasteiger partial charge in [0.05, 0.1) is 12.7 Å². The molecule has 1 aromatic carbocycles.